The Morgan fingerprint density at radius 2 is 2.28 bits per heavy atom. The first kappa shape index (κ1) is 13.5. The summed E-state index contributed by atoms with van der Waals surface area (Å²) in [5, 5.41) is 0. The van der Waals surface area contributed by atoms with Gasteiger partial charge in [-0.05, 0) is 38.6 Å². The summed E-state index contributed by atoms with van der Waals surface area (Å²) < 4.78 is 0. The van der Waals surface area contributed by atoms with Gasteiger partial charge >= 0.3 is 0 Å². The first-order chi connectivity index (χ1) is 8.70. The predicted molar refractivity (Wildman–Crippen MR) is 74.1 cm³/mol. The molecule has 0 aromatic carbocycles. The summed E-state index contributed by atoms with van der Waals surface area (Å²) in [6.45, 7) is 7.25. The van der Waals surface area contributed by atoms with Crippen molar-refractivity contribution in [2.75, 3.05) is 26.7 Å². The third kappa shape index (κ3) is 3.28. The number of nitrogens with two attached hydrogens (primary N) is 1. The largest absolute Gasteiger partial charge is 0.326 e. The molecule has 1 aliphatic rings. The summed E-state index contributed by atoms with van der Waals surface area (Å²) in [5.74, 6) is 0. The molecule has 1 unspecified atom stereocenters. The molecule has 4 heteroatoms. The zero-order chi connectivity index (χ0) is 13.0. The van der Waals surface area contributed by atoms with Crippen molar-refractivity contribution in [3.8, 4) is 0 Å². The van der Waals surface area contributed by atoms with Gasteiger partial charge in [0.1, 0.15) is 0 Å². The fourth-order valence-electron chi connectivity index (χ4n) is 2.65. The van der Waals surface area contributed by atoms with Crippen LogP contribution < -0.4 is 5.73 Å². The molecule has 1 aromatic heterocycles. The minimum atomic E-state index is 0.574. The average molecular weight is 248 g/mol. The maximum absolute atomic E-state index is 5.78. The van der Waals surface area contributed by atoms with Gasteiger partial charge in [0.2, 0.25) is 0 Å². The van der Waals surface area contributed by atoms with Gasteiger partial charge in [-0.25, -0.2) is 0 Å². The van der Waals surface area contributed by atoms with Crippen molar-refractivity contribution < 1.29 is 0 Å². The lowest BCUT2D eigenvalue weighted by molar-refractivity contribution is 0.192. The lowest BCUT2D eigenvalue weighted by Gasteiger charge is -2.28. The molecule has 100 valence electrons. The molecular formula is C14H24N4. The zero-order valence-corrected chi connectivity index (χ0v) is 11.5. The Bertz CT molecular complexity index is 380. The van der Waals surface area contributed by atoms with E-state index < -0.39 is 0 Å². The number of aromatic nitrogens is 1. The summed E-state index contributed by atoms with van der Waals surface area (Å²) in [4.78, 5) is 9.42. The Balaban J connectivity index is 2.07. The quantitative estimate of drug-likeness (QED) is 0.869. The van der Waals surface area contributed by atoms with E-state index in [0.717, 1.165) is 25.3 Å². The van der Waals surface area contributed by atoms with Crippen LogP contribution in [0.1, 0.15) is 24.6 Å². The molecule has 2 rings (SSSR count). The van der Waals surface area contributed by atoms with Gasteiger partial charge in [0.05, 0.1) is 5.69 Å². The summed E-state index contributed by atoms with van der Waals surface area (Å²) >= 11 is 0. The van der Waals surface area contributed by atoms with Crippen LogP contribution in [0.25, 0.3) is 0 Å². The van der Waals surface area contributed by atoms with Gasteiger partial charge in [-0.2, -0.15) is 0 Å². The summed E-state index contributed by atoms with van der Waals surface area (Å²) in [7, 11) is 2.20. The second-order valence-electron chi connectivity index (χ2n) is 5.25. The van der Waals surface area contributed by atoms with Crippen molar-refractivity contribution in [2.24, 2.45) is 5.73 Å². The molecule has 2 heterocycles. The third-order valence-electron chi connectivity index (χ3n) is 3.74. The smallest absolute Gasteiger partial charge is 0.0588 e. The number of nitrogens with zero attached hydrogens (tertiary/aromatic N) is 3. The maximum atomic E-state index is 5.78. The van der Waals surface area contributed by atoms with Gasteiger partial charge in [-0.1, -0.05) is 6.07 Å². The van der Waals surface area contributed by atoms with Crippen molar-refractivity contribution in [3.63, 3.8) is 0 Å². The van der Waals surface area contributed by atoms with Crippen LogP contribution in [0.15, 0.2) is 18.3 Å². The van der Waals surface area contributed by atoms with Crippen molar-refractivity contribution in [1.82, 2.24) is 14.8 Å². The molecule has 1 saturated heterocycles. The van der Waals surface area contributed by atoms with Gasteiger partial charge in [0, 0.05) is 38.4 Å². The van der Waals surface area contributed by atoms with Crippen LogP contribution in [0.5, 0.6) is 0 Å². The molecule has 0 aliphatic carbocycles. The van der Waals surface area contributed by atoms with Crippen LogP contribution >= 0.6 is 0 Å². The summed E-state index contributed by atoms with van der Waals surface area (Å²) in [6.07, 6.45) is 3.09. The Hall–Kier alpha value is -0.970. The monoisotopic (exact) mass is 248 g/mol. The van der Waals surface area contributed by atoms with Crippen molar-refractivity contribution in [1.29, 1.82) is 0 Å². The van der Waals surface area contributed by atoms with E-state index in [1.165, 1.54) is 18.5 Å². The van der Waals surface area contributed by atoms with Crippen LogP contribution in [-0.2, 0) is 13.1 Å². The minimum Gasteiger partial charge on any atom is -0.326 e. The molecule has 1 atom stereocenters. The van der Waals surface area contributed by atoms with Crippen LogP contribution in [0, 0.1) is 0 Å². The van der Waals surface area contributed by atoms with E-state index in [0.29, 0.717) is 12.6 Å². The molecule has 0 spiro atoms. The van der Waals surface area contributed by atoms with Crippen LogP contribution in [0.2, 0.25) is 0 Å². The molecule has 0 radical (unpaired) electrons. The van der Waals surface area contributed by atoms with Crippen LogP contribution in [0.3, 0.4) is 0 Å². The third-order valence-corrected chi connectivity index (χ3v) is 3.74. The number of hydrogen-bond acceptors (Lipinski definition) is 4. The number of rotatable bonds is 3. The van der Waals surface area contributed by atoms with Gasteiger partial charge in [0.25, 0.3) is 0 Å². The van der Waals surface area contributed by atoms with E-state index in [9.17, 15) is 0 Å². The summed E-state index contributed by atoms with van der Waals surface area (Å²) in [5.41, 5.74) is 8.08. The van der Waals surface area contributed by atoms with E-state index in [4.69, 9.17) is 5.73 Å². The molecule has 1 aliphatic heterocycles. The van der Waals surface area contributed by atoms with E-state index in [-0.39, 0.29) is 0 Å². The molecule has 1 fully saturated rings. The van der Waals surface area contributed by atoms with Crippen LogP contribution in [0.4, 0.5) is 0 Å². The average Bonchev–Trinajstić information content (AvgIpc) is 2.52. The highest BCUT2D eigenvalue weighted by molar-refractivity contribution is 5.19. The minimum absolute atomic E-state index is 0.574. The molecule has 4 nitrogen and oxygen atoms in total. The number of likely N-dealkylation sites (N-methyl/N-ethyl adjacent to an activating group) is 1. The lowest BCUT2D eigenvalue weighted by atomic mass is 10.1. The topological polar surface area (TPSA) is 45.4 Å². The molecule has 0 amide bonds. The van der Waals surface area contributed by atoms with Crippen molar-refractivity contribution >= 4 is 0 Å². The second kappa shape index (κ2) is 6.27. The normalized spacial score (nSPS) is 22.9. The van der Waals surface area contributed by atoms with Gasteiger partial charge in [-0.3, -0.25) is 9.88 Å². The Morgan fingerprint density at radius 3 is 3.06 bits per heavy atom. The Labute approximate surface area is 110 Å². The number of hydrogen-bond donors (Lipinski definition) is 1. The van der Waals surface area contributed by atoms with Crippen molar-refractivity contribution in [3.05, 3.63) is 29.6 Å². The first-order valence-corrected chi connectivity index (χ1v) is 6.76. The van der Waals surface area contributed by atoms with E-state index in [1.807, 2.05) is 12.3 Å². The maximum Gasteiger partial charge on any atom is 0.0588 e. The van der Waals surface area contributed by atoms with Crippen molar-refractivity contribution in [2.45, 2.75) is 32.5 Å². The Morgan fingerprint density at radius 1 is 1.44 bits per heavy atom. The fraction of sp³-hybridized carbons (Fsp3) is 0.643. The molecule has 0 bridgehead atoms. The standard InChI is InChI=1S/C14H24N4/c1-12-10-17(2)7-4-8-18(12)11-14-13(9-15)5-3-6-16-14/h3,5-6,12H,4,7-11,15H2,1-2H3. The lowest BCUT2D eigenvalue weighted by Crippen LogP contribution is -2.37. The molecule has 18 heavy (non-hydrogen) atoms. The molecule has 0 saturated carbocycles. The SMILES string of the molecule is CC1CN(C)CCCN1Cc1ncccc1CN. The van der Waals surface area contributed by atoms with Gasteiger partial charge < -0.3 is 10.6 Å². The van der Waals surface area contributed by atoms with Gasteiger partial charge in [0.15, 0.2) is 0 Å². The first-order valence-electron chi connectivity index (χ1n) is 6.76. The highest BCUT2D eigenvalue weighted by Crippen LogP contribution is 2.14. The fourth-order valence-corrected chi connectivity index (χ4v) is 2.65. The highest BCUT2D eigenvalue weighted by atomic mass is 15.2. The van der Waals surface area contributed by atoms with E-state index in [2.05, 4.69) is 34.8 Å². The predicted octanol–water partition coefficient (Wildman–Crippen LogP) is 1.07. The van der Waals surface area contributed by atoms with E-state index >= 15 is 0 Å². The van der Waals surface area contributed by atoms with E-state index in [1.54, 1.807) is 0 Å². The molecule has 2 N–H and O–H groups in total. The number of pyridine rings is 1. The zero-order valence-electron chi connectivity index (χ0n) is 11.5. The molecule has 1 aromatic rings. The second-order valence-corrected chi connectivity index (χ2v) is 5.25. The Kier molecular flexibility index (Phi) is 4.69. The van der Waals surface area contributed by atoms with Crippen LogP contribution in [-0.4, -0.2) is 47.5 Å². The molecular weight excluding hydrogens is 224 g/mol. The van der Waals surface area contributed by atoms with Gasteiger partial charge in [-0.15, -0.1) is 0 Å². The highest BCUT2D eigenvalue weighted by Gasteiger charge is 2.20. The summed E-state index contributed by atoms with van der Waals surface area (Å²) in [6, 6.07) is 4.62.